The summed E-state index contributed by atoms with van der Waals surface area (Å²) in [5.74, 6) is -0.198. The van der Waals surface area contributed by atoms with Gasteiger partial charge in [0.25, 0.3) is 0 Å². The Morgan fingerprint density at radius 1 is 1.35 bits per heavy atom. The summed E-state index contributed by atoms with van der Waals surface area (Å²) in [5.41, 5.74) is 0. The quantitative estimate of drug-likeness (QED) is 0.761. The van der Waals surface area contributed by atoms with Gasteiger partial charge in [0, 0.05) is 16.7 Å². The molecule has 0 bridgehead atoms. The van der Waals surface area contributed by atoms with Gasteiger partial charge in [0.05, 0.1) is 0 Å². The number of esters is 1. The lowest BCUT2D eigenvalue weighted by molar-refractivity contribution is -0.144. The Balaban J connectivity index is 2.07. The molecular weight excluding hydrogens is 232 g/mol. The van der Waals surface area contributed by atoms with Crippen LogP contribution in [0.3, 0.4) is 0 Å². The molecule has 0 aromatic heterocycles. The average Bonchev–Trinajstić information content (AvgIpc) is 2.32. The Bertz CT molecular complexity index is 411. The first-order valence-corrected chi connectivity index (χ1v) is 6.67. The first kappa shape index (κ1) is 12.2. The van der Waals surface area contributed by atoms with Gasteiger partial charge in [0.15, 0.2) is 0 Å². The maximum absolute atomic E-state index is 11.1. The number of carbonyl (C=O) groups excluding carboxylic acids is 1. The molecule has 2 rings (SSSR count). The summed E-state index contributed by atoms with van der Waals surface area (Å²) in [6.07, 6.45) is 5.25. The van der Waals surface area contributed by atoms with Crippen molar-refractivity contribution in [1.82, 2.24) is 0 Å². The zero-order valence-corrected chi connectivity index (χ0v) is 10.7. The van der Waals surface area contributed by atoms with Gasteiger partial charge in [-0.05, 0) is 31.4 Å². The number of ether oxygens (including phenoxy) is 1. The standard InChI is InChI=1S/C14H16O2S/c1-11(15)16-13-9-5-6-10-14(13)17-12-7-3-2-4-8-12/h2-4,7-8,10,13H,5-6,9H2,1H3/t13-/m1/s1. The Kier molecular flexibility index (Phi) is 4.26. The van der Waals surface area contributed by atoms with Crippen molar-refractivity contribution in [2.45, 2.75) is 37.2 Å². The molecule has 0 aliphatic heterocycles. The van der Waals surface area contributed by atoms with E-state index in [2.05, 4.69) is 18.2 Å². The zero-order chi connectivity index (χ0) is 12.1. The van der Waals surface area contributed by atoms with E-state index in [4.69, 9.17) is 4.74 Å². The van der Waals surface area contributed by atoms with Crippen LogP contribution >= 0.6 is 11.8 Å². The molecule has 0 amide bonds. The van der Waals surface area contributed by atoms with Gasteiger partial charge in [-0.15, -0.1) is 0 Å². The van der Waals surface area contributed by atoms with Crippen molar-refractivity contribution in [2.75, 3.05) is 0 Å². The lowest BCUT2D eigenvalue weighted by Crippen LogP contribution is -2.19. The van der Waals surface area contributed by atoms with Crippen LogP contribution in [0.25, 0.3) is 0 Å². The number of hydrogen-bond donors (Lipinski definition) is 0. The Morgan fingerprint density at radius 2 is 2.12 bits per heavy atom. The first-order chi connectivity index (χ1) is 8.25. The lowest BCUT2D eigenvalue weighted by atomic mass is 10.1. The van der Waals surface area contributed by atoms with Crippen LogP contribution in [-0.2, 0) is 9.53 Å². The second-order valence-corrected chi connectivity index (χ2v) is 5.20. The van der Waals surface area contributed by atoms with Crippen LogP contribution in [0.15, 0.2) is 46.2 Å². The summed E-state index contributed by atoms with van der Waals surface area (Å²) in [5, 5.41) is 0. The monoisotopic (exact) mass is 248 g/mol. The molecule has 1 atom stereocenters. The van der Waals surface area contributed by atoms with Gasteiger partial charge >= 0.3 is 5.97 Å². The van der Waals surface area contributed by atoms with Crippen LogP contribution in [0.2, 0.25) is 0 Å². The third-order valence-electron chi connectivity index (χ3n) is 2.62. The number of thioether (sulfide) groups is 1. The van der Waals surface area contributed by atoms with Crippen molar-refractivity contribution in [1.29, 1.82) is 0 Å². The van der Waals surface area contributed by atoms with E-state index in [1.54, 1.807) is 11.8 Å². The van der Waals surface area contributed by atoms with E-state index in [0.717, 1.165) is 24.2 Å². The third-order valence-corrected chi connectivity index (χ3v) is 3.79. The molecule has 1 aromatic carbocycles. The molecule has 0 saturated carbocycles. The van der Waals surface area contributed by atoms with Crippen LogP contribution in [0.4, 0.5) is 0 Å². The minimum atomic E-state index is -0.198. The smallest absolute Gasteiger partial charge is 0.303 e. The molecule has 90 valence electrons. The molecule has 1 aromatic rings. The lowest BCUT2D eigenvalue weighted by Gasteiger charge is -2.23. The second-order valence-electron chi connectivity index (χ2n) is 4.05. The van der Waals surface area contributed by atoms with E-state index < -0.39 is 0 Å². The van der Waals surface area contributed by atoms with Crippen LogP contribution < -0.4 is 0 Å². The minimum absolute atomic E-state index is 0.0496. The minimum Gasteiger partial charge on any atom is -0.457 e. The maximum atomic E-state index is 11.1. The van der Waals surface area contributed by atoms with Crippen LogP contribution in [0.5, 0.6) is 0 Å². The summed E-state index contributed by atoms with van der Waals surface area (Å²) >= 11 is 1.70. The molecule has 0 radical (unpaired) electrons. The van der Waals surface area contributed by atoms with Crippen molar-refractivity contribution in [3.8, 4) is 0 Å². The average molecular weight is 248 g/mol. The van der Waals surface area contributed by atoms with Crippen molar-refractivity contribution < 1.29 is 9.53 Å². The molecule has 0 unspecified atom stereocenters. The largest absolute Gasteiger partial charge is 0.457 e. The molecule has 0 heterocycles. The predicted molar refractivity (Wildman–Crippen MR) is 69.8 cm³/mol. The molecule has 0 spiro atoms. The Hall–Kier alpha value is -1.22. The molecule has 0 saturated heterocycles. The van der Waals surface area contributed by atoms with Gasteiger partial charge in [0.2, 0.25) is 0 Å². The normalized spacial score (nSPS) is 19.6. The summed E-state index contributed by atoms with van der Waals surface area (Å²) in [7, 11) is 0. The zero-order valence-electron chi connectivity index (χ0n) is 9.89. The van der Waals surface area contributed by atoms with Gasteiger partial charge in [-0.3, -0.25) is 4.79 Å². The topological polar surface area (TPSA) is 26.3 Å². The van der Waals surface area contributed by atoms with Gasteiger partial charge < -0.3 is 4.74 Å². The van der Waals surface area contributed by atoms with Gasteiger partial charge in [-0.25, -0.2) is 0 Å². The molecular formula is C14H16O2S. The number of hydrogen-bond acceptors (Lipinski definition) is 3. The number of benzene rings is 1. The highest BCUT2D eigenvalue weighted by Crippen LogP contribution is 2.35. The summed E-state index contributed by atoms with van der Waals surface area (Å²) < 4.78 is 5.35. The fourth-order valence-electron chi connectivity index (χ4n) is 1.87. The molecule has 0 N–H and O–H groups in total. The highest BCUT2D eigenvalue weighted by molar-refractivity contribution is 8.03. The molecule has 2 nitrogen and oxygen atoms in total. The van der Waals surface area contributed by atoms with Crippen molar-refractivity contribution >= 4 is 17.7 Å². The molecule has 17 heavy (non-hydrogen) atoms. The Labute approximate surface area is 106 Å². The third kappa shape index (κ3) is 3.63. The van der Waals surface area contributed by atoms with Gasteiger partial charge in [-0.2, -0.15) is 0 Å². The summed E-state index contributed by atoms with van der Waals surface area (Å²) in [4.78, 5) is 13.4. The van der Waals surface area contributed by atoms with E-state index in [1.165, 1.54) is 11.8 Å². The first-order valence-electron chi connectivity index (χ1n) is 5.86. The van der Waals surface area contributed by atoms with Crippen molar-refractivity contribution in [3.63, 3.8) is 0 Å². The van der Waals surface area contributed by atoms with Gasteiger partial charge in [0.1, 0.15) is 6.10 Å². The van der Waals surface area contributed by atoms with E-state index in [0.29, 0.717) is 0 Å². The number of rotatable bonds is 3. The fraction of sp³-hybridized carbons (Fsp3) is 0.357. The SMILES string of the molecule is CC(=O)O[C@@H]1CCCC=C1Sc1ccccc1. The molecule has 0 fully saturated rings. The van der Waals surface area contributed by atoms with E-state index in [1.807, 2.05) is 18.2 Å². The molecule has 3 heteroatoms. The number of allylic oxidation sites excluding steroid dienone is 1. The van der Waals surface area contributed by atoms with Crippen molar-refractivity contribution in [2.24, 2.45) is 0 Å². The number of carbonyl (C=O) groups is 1. The van der Waals surface area contributed by atoms with E-state index in [-0.39, 0.29) is 12.1 Å². The van der Waals surface area contributed by atoms with Crippen LogP contribution in [-0.4, -0.2) is 12.1 Å². The molecule has 1 aliphatic carbocycles. The van der Waals surface area contributed by atoms with Gasteiger partial charge in [-0.1, -0.05) is 36.0 Å². The fourth-order valence-corrected chi connectivity index (χ4v) is 2.93. The van der Waals surface area contributed by atoms with Crippen molar-refractivity contribution in [3.05, 3.63) is 41.3 Å². The highest BCUT2D eigenvalue weighted by Gasteiger charge is 2.21. The maximum Gasteiger partial charge on any atom is 0.303 e. The predicted octanol–water partition coefficient (Wildman–Crippen LogP) is 3.78. The summed E-state index contributed by atoms with van der Waals surface area (Å²) in [6, 6.07) is 10.2. The second kappa shape index (κ2) is 5.92. The highest BCUT2D eigenvalue weighted by atomic mass is 32.2. The summed E-state index contributed by atoms with van der Waals surface area (Å²) in [6.45, 7) is 1.47. The van der Waals surface area contributed by atoms with E-state index >= 15 is 0 Å². The van der Waals surface area contributed by atoms with Crippen LogP contribution in [0, 0.1) is 0 Å². The molecule has 1 aliphatic rings. The van der Waals surface area contributed by atoms with Crippen LogP contribution in [0.1, 0.15) is 26.2 Å². The van der Waals surface area contributed by atoms with E-state index in [9.17, 15) is 4.79 Å². The Morgan fingerprint density at radius 3 is 2.82 bits per heavy atom.